The summed E-state index contributed by atoms with van der Waals surface area (Å²) in [6.07, 6.45) is -0.479. The highest BCUT2D eigenvalue weighted by Gasteiger charge is 2.25. The zero-order valence-electron chi connectivity index (χ0n) is 8.71. The predicted molar refractivity (Wildman–Crippen MR) is 58.3 cm³/mol. The van der Waals surface area contributed by atoms with Crippen LogP contribution in [0.3, 0.4) is 0 Å². The van der Waals surface area contributed by atoms with E-state index < -0.39 is 12.2 Å². The Morgan fingerprint density at radius 2 is 1.87 bits per heavy atom. The number of hydrogen-bond donors (Lipinski definition) is 2. The van der Waals surface area contributed by atoms with E-state index in [1.54, 1.807) is 0 Å². The Bertz CT molecular complexity index is 302. The Balaban J connectivity index is 1.91. The number of piperidine rings is 1. The number of nitrogens with zero attached hydrogens (tertiary/aromatic N) is 1. The topological polar surface area (TPSA) is 43.7 Å². The molecule has 2 rings (SSSR count). The molecule has 3 heteroatoms. The molecule has 0 spiro atoms. The van der Waals surface area contributed by atoms with Crippen LogP contribution < -0.4 is 0 Å². The average Bonchev–Trinajstić information content (AvgIpc) is 2.25. The molecule has 1 aromatic carbocycles. The normalized spacial score (nSPS) is 27.9. The van der Waals surface area contributed by atoms with Gasteiger partial charge in [0.05, 0.1) is 12.2 Å². The lowest BCUT2D eigenvalue weighted by molar-refractivity contribution is -0.0403. The van der Waals surface area contributed by atoms with Crippen LogP contribution in [0.2, 0.25) is 0 Å². The molecule has 1 aliphatic heterocycles. The first-order valence-corrected chi connectivity index (χ1v) is 5.38. The van der Waals surface area contributed by atoms with Crippen LogP contribution in [0, 0.1) is 0 Å². The maximum absolute atomic E-state index is 9.53. The summed E-state index contributed by atoms with van der Waals surface area (Å²) in [4.78, 5) is 2.17. The quantitative estimate of drug-likeness (QED) is 0.747. The van der Waals surface area contributed by atoms with Gasteiger partial charge in [-0.3, -0.25) is 4.90 Å². The number of rotatable bonds is 2. The summed E-state index contributed by atoms with van der Waals surface area (Å²) < 4.78 is 0. The number of benzene rings is 1. The largest absolute Gasteiger partial charge is 0.390 e. The summed E-state index contributed by atoms with van der Waals surface area (Å²) in [7, 11) is 0. The Morgan fingerprint density at radius 3 is 2.53 bits per heavy atom. The molecule has 0 unspecified atom stereocenters. The van der Waals surface area contributed by atoms with Gasteiger partial charge in [0.25, 0.3) is 0 Å². The van der Waals surface area contributed by atoms with Gasteiger partial charge in [-0.05, 0) is 12.0 Å². The zero-order chi connectivity index (χ0) is 10.7. The lowest BCUT2D eigenvalue weighted by atomic mass is 10.0. The molecule has 0 aromatic heterocycles. The van der Waals surface area contributed by atoms with Gasteiger partial charge in [0.2, 0.25) is 0 Å². The SMILES string of the molecule is O[C@@H]1CN(Cc2ccccc2)CC[C@@H]1O. The van der Waals surface area contributed by atoms with Crippen molar-refractivity contribution < 1.29 is 10.2 Å². The minimum atomic E-state index is -0.595. The molecule has 2 N–H and O–H groups in total. The van der Waals surface area contributed by atoms with Crippen LogP contribution in [0.5, 0.6) is 0 Å². The summed E-state index contributed by atoms with van der Waals surface area (Å²) >= 11 is 0. The molecular weight excluding hydrogens is 190 g/mol. The van der Waals surface area contributed by atoms with E-state index >= 15 is 0 Å². The van der Waals surface area contributed by atoms with Crippen molar-refractivity contribution in [2.75, 3.05) is 13.1 Å². The molecule has 3 nitrogen and oxygen atoms in total. The first-order chi connectivity index (χ1) is 7.25. The second-order valence-corrected chi connectivity index (χ2v) is 4.14. The monoisotopic (exact) mass is 207 g/mol. The highest BCUT2D eigenvalue weighted by atomic mass is 16.3. The summed E-state index contributed by atoms with van der Waals surface area (Å²) in [5, 5.41) is 18.9. The van der Waals surface area contributed by atoms with E-state index in [-0.39, 0.29) is 0 Å². The number of aliphatic hydroxyl groups excluding tert-OH is 2. The summed E-state index contributed by atoms with van der Waals surface area (Å²) in [6, 6.07) is 10.2. The van der Waals surface area contributed by atoms with Gasteiger partial charge in [0.1, 0.15) is 0 Å². The van der Waals surface area contributed by atoms with Crippen molar-refractivity contribution in [2.45, 2.75) is 25.2 Å². The predicted octanol–water partition coefficient (Wildman–Crippen LogP) is 0.614. The molecule has 0 aliphatic carbocycles. The molecule has 1 saturated heterocycles. The average molecular weight is 207 g/mol. The molecule has 2 atom stereocenters. The van der Waals surface area contributed by atoms with Crippen molar-refractivity contribution >= 4 is 0 Å². The van der Waals surface area contributed by atoms with Crippen LogP contribution in [0.1, 0.15) is 12.0 Å². The van der Waals surface area contributed by atoms with Crippen LogP contribution >= 0.6 is 0 Å². The van der Waals surface area contributed by atoms with Crippen molar-refractivity contribution in [2.24, 2.45) is 0 Å². The third kappa shape index (κ3) is 2.78. The van der Waals surface area contributed by atoms with E-state index in [0.29, 0.717) is 13.0 Å². The van der Waals surface area contributed by atoms with Gasteiger partial charge in [-0.15, -0.1) is 0 Å². The molecule has 1 fully saturated rings. The van der Waals surface area contributed by atoms with Gasteiger partial charge < -0.3 is 10.2 Å². The van der Waals surface area contributed by atoms with Gasteiger partial charge in [0, 0.05) is 19.6 Å². The second kappa shape index (κ2) is 4.75. The van der Waals surface area contributed by atoms with Gasteiger partial charge in [-0.25, -0.2) is 0 Å². The Morgan fingerprint density at radius 1 is 1.13 bits per heavy atom. The fourth-order valence-corrected chi connectivity index (χ4v) is 1.97. The van der Waals surface area contributed by atoms with Crippen molar-refractivity contribution in [3.8, 4) is 0 Å². The maximum Gasteiger partial charge on any atom is 0.0926 e. The van der Waals surface area contributed by atoms with Gasteiger partial charge in [-0.2, -0.15) is 0 Å². The first-order valence-electron chi connectivity index (χ1n) is 5.38. The third-order valence-corrected chi connectivity index (χ3v) is 2.88. The van der Waals surface area contributed by atoms with Crippen LogP contribution in [0.4, 0.5) is 0 Å². The van der Waals surface area contributed by atoms with Crippen molar-refractivity contribution in [3.63, 3.8) is 0 Å². The number of hydrogen-bond acceptors (Lipinski definition) is 3. The molecule has 82 valence electrons. The zero-order valence-corrected chi connectivity index (χ0v) is 8.71. The van der Waals surface area contributed by atoms with Gasteiger partial charge >= 0.3 is 0 Å². The third-order valence-electron chi connectivity index (χ3n) is 2.88. The minimum absolute atomic E-state index is 0.544. The fraction of sp³-hybridized carbons (Fsp3) is 0.500. The van der Waals surface area contributed by atoms with E-state index in [1.165, 1.54) is 5.56 Å². The lowest BCUT2D eigenvalue weighted by Crippen LogP contribution is -2.46. The van der Waals surface area contributed by atoms with Crippen molar-refractivity contribution in [1.29, 1.82) is 0 Å². The fourth-order valence-electron chi connectivity index (χ4n) is 1.97. The number of aliphatic hydroxyl groups is 2. The van der Waals surface area contributed by atoms with Crippen molar-refractivity contribution in [3.05, 3.63) is 35.9 Å². The molecule has 1 aliphatic rings. The summed E-state index contributed by atoms with van der Waals surface area (Å²) in [6.45, 7) is 2.27. The number of β-amino-alcohol motifs (C(OH)–C–C–N with tert-alkyl or cyclic N) is 1. The minimum Gasteiger partial charge on any atom is -0.390 e. The van der Waals surface area contributed by atoms with Crippen LogP contribution in [-0.2, 0) is 6.54 Å². The molecule has 0 amide bonds. The van der Waals surface area contributed by atoms with Crippen LogP contribution in [-0.4, -0.2) is 40.4 Å². The van der Waals surface area contributed by atoms with Gasteiger partial charge in [-0.1, -0.05) is 30.3 Å². The molecule has 0 bridgehead atoms. The van der Waals surface area contributed by atoms with Crippen LogP contribution in [0.15, 0.2) is 30.3 Å². The molecule has 0 saturated carbocycles. The lowest BCUT2D eigenvalue weighted by Gasteiger charge is -2.33. The number of likely N-dealkylation sites (tertiary alicyclic amines) is 1. The highest BCUT2D eigenvalue weighted by molar-refractivity contribution is 5.14. The standard InChI is InChI=1S/C12H17NO2/c14-11-6-7-13(9-12(11)15)8-10-4-2-1-3-5-10/h1-5,11-12,14-15H,6-9H2/t11-,12+/m0/s1. The van der Waals surface area contributed by atoms with E-state index in [0.717, 1.165) is 13.1 Å². The molecule has 0 radical (unpaired) electrons. The van der Waals surface area contributed by atoms with E-state index in [1.807, 2.05) is 18.2 Å². The molecule has 15 heavy (non-hydrogen) atoms. The Kier molecular flexibility index (Phi) is 3.36. The highest BCUT2D eigenvalue weighted by Crippen LogP contribution is 2.13. The van der Waals surface area contributed by atoms with E-state index in [2.05, 4.69) is 17.0 Å². The van der Waals surface area contributed by atoms with Gasteiger partial charge in [0.15, 0.2) is 0 Å². The Labute approximate surface area is 90.0 Å². The van der Waals surface area contributed by atoms with E-state index in [9.17, 15) is 10.2 Å². The summed E-state index contributed by atoms with van der Waals surface area (Å²) in [5.41, 5.74) is 1.25. The first kappa shape index (κ1) is 10.6. The van der Waals surface area contributed by atoms with Crippen molar-refractivity contribution in [1.82, 2.24) is 4.90 Å². The molecule has 1 aromatic rings. The summed E-state index contributed by atoms with van der Waals surface area (Å²) in [5.74, 6) is 0. The van der Waals surface area contributed by atoms with E-state index in [4.69, 9.17) is 0 Å². The van der Waals surface area contributed by atoms with Crippen LogP contribution in [0.25, 0.3) is 0 Å². The molecule has 1 heterocycles. The smallest absolute Gasteiger partial charge is 0.0926 e. The second-order valence-electron chi connectivity index (χ2n) is 4.14. The Hall–Kier alpha value is -0.900. The molecular formula is C12H17NO2. The maximum atomic E-state index is 9.53.